The van der Waals surface area contributed by atoms with E-state index in [1.165, 1.54) is 27.8 Å². The van der Waals surface area contributed by atoms with E-state index < -0.39 is 0 Å². The minimum atomic E-state index is 1.08. The molecular formula is C19H21. The number of aryl methyl sites for hydroxylation is 2. The van der Waals surface area contributed by atoms with Crippen LogP contribution in [0.2, 0.25) is 0 Å². The van der Waals surface area contributed by atoms with Crippen molar-refractivity contribution in [2.75, 3.05) is 0 Å². The Bertz CT molecular complexity index is 558. The normalized spacial score (nSPS) is 10.3. The van der Waals surface area contributed by atoms with Crippen molar-refractivity contribution < 1.29 is 0 Å². The summed E-state index contributed by atoms with van der Waals surface area (Å²) in [5, 5.41) is 0. The highest BCUT2D eigenvalue weighted by Crippen LogP contribution is 2.25. The maximum absolute atomic E-state index is 3.33. The summed E-state index contributed by atoms with van der Waals surface area (Å²) in [6.45, 7) is 6.41. The summed E-state index contributed by atoms with van der Waals surface area (Å²) in [6, 6.07) is 18.3. The van der Waals surface area contributed by atoms with Crippen LogP contribution in [0.5, 0.6) is 0 Å². The van der Waals surface area contributed by atoms with E-state index in [9.17, 15) is 0 Å². The monoisotopic (exact) mass is 249 g/mol. The molecule has 0 aromatic heterocycles. The van der Waals surface area contributed by atoms with E-state index >= 15 is 0 Å². The highest BCUT2D eigenvalue weighted by molar-refractivity contribution is 5.68. The Hall–Kier alpha value is -1.82. The van der Waals surface area contributed by atoms with E-state index in [-0.39, 0.29) is 0 Å². The molecule has 0 fully saturated rings. The summed E-state index contributed by atoms with van der Waals surface area (Å²) in [4.78, 5) is 0. The van der Waals surface area contributed by atoms with Gasteiger partial charge in [-0.1, -0.05) is 54.1 Å². The molecule has 2 rings (SSSR count). The van der Waals surface area contributed by atoms with Crippen LogP contribution in [-0.2, 0) is 6.42 Å². The summed E-state index contributed by atoms with van der Waals surface area (Å²) in [5.41, 5.74) is 6.61. The summed E-state index contributed by atoms with van der Waals surface area (Å²) >= 11 is 0. The molecule has 0 bridgehead atoms. The molecule has 0 aliphatic carbocycles. The molecule has 0 saturated heterocycles. The van der Waals surface area contributed by atoms with Crippen LogP contribution in [0.25, 0.3) is 11.1 Å². The second kappa shape index (κ2) is 6.38. The first kappa shape index (κ1) is 13.6. The van der Waals surface area contributed by atoms with Crippen LogP contribution >= 0.6 is 0 Å². The molecule has 0 spiro atoms. The Morgan fingerprint density at radius 3 is 2.58 bits per heavy atom. The first-order valence-corrected chi connectivity index (χ1v) is 6.87. The quantitative estimate of drug-likeness (QED) is 0.640. The molecule has 0 heterocycles. The predicted molar refractivity (Wildman–Crippen MR) is 83.2 cm³/mol. The molecule has 1 radical (unpaired) electrons. The van der Waals surface area contributed by atoms with Crippen LogP contribution in [-0.4, -0.2) is 0 Å². The van der Waals surface area contributed by atoms with Crippen molar-refractivity contribution in [3.05, 3.63) is 71.3 Å². The van der Waals surface area contributed by atoms with Gasteiger partial charge in [0.05, 0.1) is 0 Å². The molecule has 0 aliphatic rings. The predicted octanol–water partition coefficient (Wildman–Crippen LogP) is 5.36. The fourth-order valence-corrected chi connectivity index (χ4v) is 2.24. The molecule has 2 aromatic rings. The highest BCUT2D eigenvalue weighted by Gasteiger charge is 2.04. The van der Waals surface area contributed by atoms with E-state index in [0.29, 0.717) is 0 Å². The molecule has 0 amide bonds. The molecule has 0 unspecified atom stereocenters. The van der Waals surface area contributed by atoms with E-state index in [1.54, 1.807) is 0 Å². The van der Waals surface area contributed by atoms with Crippen LogP contribution < -0.4 is 0 Å². The molecule has 97 valence electrons. The highest BCUT2D eigenvalue weighted by atomic mass is 14.1. The van der Waals surface area contributed by atoms with Gasteiger partial charge in [-0.2, -0.15) is 0 Å². The van der Waals surface area contributed by atoms with E-state index in [0.717, 1.165) is 12.8 Å². The Balaban J connectivity index is 2.31. The van der Waals surface area contributed by atoms with Crippen molar-refractivity contribution in [3.63, 3.8) is 0 Å². The Labute approximate surface area is 116 Å². The molecule has 0 nitrogen and oxygen atoms in total. The fraction of sp³-hybridized carbons (Fsp3) is 0.263. The number of hydrogen-bond acceptors (Lipinski definition) is 0. The van der Waals surface area contributed by atoms with Gasteiger partial charge < -0.3 is 0 Å². The molecule has 0 N–H and O–H groups in total. The summed E-state index contributed by atoms with van der Waals surface area (Å²) in [6.07, 6.45) is 4.47. The third-order valence-corrected chi connectivity index (χ3v) is 3.23. The van der Waals surface area contributed by atoms with Crippen LogP contribution in [0.4, 0.5) is 0 Å². The lowest BCUT2D eigenvalue weighted by molar-refractivity contribution is 0.989. The van der Waals surface area contributed by atoms with Crippen molar-refractivity contribution in [3.8, 4) is 11.1 Å². The Morgan fingerprint density at radius 2 is 1.89 bits per heavy atom. The molecular weight excluding hydrogens is 228 g/mol. The minimum absolute atomic E-state index is 1.08. The van der Waals surface area contributed by atoms with Gasteiger partial charge in [0.1, 0.15) is 0 Å². The van der Waals surface area contributed by atoms with E-state index in [2.05, 4.69) is 75.4 Å². The molecule has 0 aliphatic heterocycles. The maximum atomic E-state index is 3.33. The Morgan fingerprint density at radius 1 is 1.16 bits per heavy atom. The first-order chi connectivity index (χ1) is 9.16. The van der Waals surface area contributed by atoms with Crippen LogP contribution in [0.3, 0.4) is 0 Å². The van der Waals surface area contributed by atoms with Gasteiger partial charge in [-0.15, -0.1) is 0 Å². The minimum Gasteiger partial charge on any atom is -0.0856 e. The molecule has 0 atom stereocenters. The van der Waals surface area contributed by atoms with E-state index in [1.807, 2.05) is 0 Å². The third kappa shape index (κ3) is 3.82. The van der Waals surface area contributed by atoms with Crippen molar-refractivity contribution in [1.82, 2.24) is 0 Å². The standard InChI is InChI=1S/C19H21/c1-15(2)8-7-11-18-13-12-16(3)14-19(18)17-9-5-4-6-10-17/h4-6,8-10,13-14H,7,11H2,1-3H3. The first-order valence-electron chi connectivity index (χ1n) is 6.87. The maximum Gasteiger partial charge on any atom is -0.0149 e. The zero-order valence-electron chi connectivity index (χ0n) is 12.0. The van der Waals surface area contributed by atoms with Crippen molar-refractivity contribution in [2.24, 2.45) is 0 Å². The van der Waals surface area contributed by atoms with Gasteiger partial charge in [0.15, 0.2) is 0 Å². The smallest absolute Gasteiger partial charge is 0.0149 e. The SMILES string of the molecule is CC(C)=CCCc1c[c]c(C)cc1-c1ccccc1. The molecule has 19 heavy (non-hydrogen) atoms. The van der Waals surface area contributed by atoms with Gasteiger partial charge in [0.25, 0.3) is 0 Å². The summed E-state index contributed by atoms with van der Waals surface area (Å²) in [5.74, 6) is 0. The van der Waals surface area contributed by atoms with Crippen LogP contribution in [0.15, 0.2) is 54.1 Å². The van der Waals surface area contributed by atoms with Gasteiger partial charge in [0, 0.05) is 0 Å². The molecule has 2 aromatic carbocycles. The lowest BCUT2D eigenvalue weighted by Crippen LogP contribution is -1.91. The fourth-order valence-electron chi connectivity index (χ4n) is 2.24. The number of allylic oxidation sites excluding steroid dienone is 2. The average Bonchev–Trinajstić information content (AvgIpc) is 2.41. The number of hydrogen-bond donors (Lipinski definition) is 0. The number of benzene rings is 2. The lowest BCUT2D eigenvalue weighted by Gasteiger charge is -2.10. The second-order valence-corrected chi connectivity index (χ2v) is 5.24. The summed E-state index contributed by atoms with van der Waals surface area (Å²) < 4.78 is 0. The van der Waals surface area contributed by atoms with Crippen molar-refractivity contribution in [2.45, 2.75) is 33.6 Å². The summed E-state index contributed by atoms with van der Waals surface area (Å²) in [7, 11) is 0. The number of rotatable bonds is 4. The van der Waals surface area contributed by atoms with Gasteiger partial charge in [-0.05, 0) is 61.9 Å². The Kier molecular flexibility index (Phi) is 4.57. The second-order valence-electron chi connectivity index (χ2n) is 5.24. The topological polar surface area (TPSA) is 0 Å². The van der Waals surface area contributed by atoms with Gasteiger partial charge >= 0.3 is 0 Å². The van der Waals surface area contributed by atoms with E-state index in [4.69, 9.17) is 0 Å². The average molecular weight is 249 g/mol. The van der Waals surface area contributed by atoms with Gasteiger partial charge in [-0.3, -0.25) is 0 Å². The zero-order chi connectivity index (χ0) is 13.7. The van der Waals surface area contributed by atoms with Crippen molar-refractivity contribution >= 4 is 0 Å². The lowest BCUT2D eigenvalue weighted by atomic mass is 9.95. The van der Waals surface area contributed by atoms with Gasteiger partial charge in [-0.25, -0.2) is 0 Å². The van der Waals surface area contributed by atoms with Gasteiger partial charge in [0.2, 0.25) is 0 Å². The third-order valence-electron chi connectivity index (χ3n) is 3.23. The van der Waals surface area contributed by atoms with Crippen LogP contribution in [0, 0.1) is 13.0 Å². The zero-order valence-corrected chi connectivity index (χ0v) is 12.0. The van der Waals surface area contributed by atoms with Crippen molar-refractivity contribution in [1.29, 1.82) is 0 Å². The largest absolute Gasteiger partial charge is 0.0856 e. The van der Waals surface area contributed by atoms with Crippen LogP contribution in [0.1, 0.15) is 31.4 Å². The molecule has 0 heteroatoms. The molecule has 0 saturated carbocycles.